The molecule has 2 amide bonds. The number of ether oxygens (including phenoxy) is 1. The van der Waals surface area contributed by atoms with Gasteiger partial charge in [-0.15, -0.1) is 0 Å². The summed E-state index contributed by atoms with van der Waals surface area (Å²) in [5.74, 6) is -3.08. The average Bonchev–Trinajstić information content (AvgIpc) is 3.99. The summed E-state index contributed by atoms with van der Waals surface area (Å²) in [6.07, 6.45) is 2.20. The smallest absolute Gasteiger partial charge is 0.335 e. The first-order chi connectivity index (χ1) is 33.2. The predicted molar refractivity (Wildman–Crippen MR) is 273 cm³/mol. The summed E-state index contributed by atoms with van der Waals surface area (Å²) in [6, 6.07) is 15.4. The van der Waals surface area contributed by atoms with Crippen molar-refractivity contribution in [3.63, 3.8) is 0 Å². The Morgan fingerprint density at radius 3 is 1.10 bits per heavy atom. The molecule has 9 rings (SSSR count). The van der Waals surface area contributed by atoms with E-state index in [1.807, 2.05) is 41.5 Å². The molecule has 0 unspecified atom stereocenters. The Morgan fingerprint density at radius 2 is 0.792 bits per heavy atom. The number of hydrogen-bond acceptors (Lipinski definition) is 9. The molecule has 0 bridgehead atoms. The molecule has 7 N–H and O–H groups in total. The Morgan fingerprint density at radius 1 is 0.486 bits per heavy atom. The number of aromatic amines is 3. The molecule has 0 saturated heterocycles. The molecule has 16 nitrogen and oxygen atoms in total. The van der Waals surface area contributed by atoms with Gasteiger partial charge in [-0.1, -0.05) is 83.1 Å². The molecule has 3 aliphatic rings. The van der Waals surface area contributed by atoms with E-state index in [9.17, 15) is 43.5 Å². The van der Waals surface area contributed by atoms with Crippen molar-refractivity contribution in [2.45, 2.75) is 119 Å². The number of carbonyl (C=O) groups is 8. The highest BCUT2D eigenvalue weighted by molar-refractivity contribution is 6.11. The molecule has 0 radical (unpaired) electrons. The zero-order valence-corrected chi connectivity index (χ0v) is 43.3. The predicted octanol–water partition coefficient (Wildman–Crippen LogP) is 9.59. The molecule has 72 heavy (non-hydrogen) atoms. The number of aliphatic carboxylic acids is 1. The van der Waals surface area contributed by atoms with Crippen molar-refractivity contribution in [3.05, 3.63) is 105 Å². The number of carboxylic acids is 2. The maximum absolute atomic E-state index is 12.9. The molecule has 3 aliphatic carbocycles. The van der Waals surface area contributed by atoms with Gasteiger partial charge in [-0.3, -0.25) is 33.6 Å². The fourth-order valence-electron chi connectivity index (χ4n) is 12.0. The van der Waals surface area contributed by atoms with Gasteiger partial charge in [0.25, 0.3) is 11.8 Å². The molecule has 3 heterocycles. The molecule has 0 spiro atoms. The monoisotopic (exact) mass is 983 g/mol. The van der Waals surface area contributed by atoms with Gasteiger partial charge in [0.15, 0.2) is 17.3 Å². The Kier molecular flexibility index (Phi) is 13.1. The summed E-state index contributed by atoms with van der Waals surface area (Å²) in [4.78, 5) is 106. The summed E-state index contributed by atoms with van der Waals surface area (Å²) in [6.45, 7) is 23.8. The van der Waals surface area contributed by atoms with Crippen LogP contribution in [0.2, 0.25) is 0 Å². The third-order valence-electron chi connectivity index (χ3n) is 14.4. The average molecular weight is 984 g/mol. The lowest BCUT2D eigenvalue weighted by Gasteiger charge is -2.39. The number of amides is 2. The van der Waals surface area contributed by atoms with Crippen molar-refractivity contribution in [3.8, 4) is 0 Å². The van der Waals surface area contributed by atoms with Crippen LogP contribution in [0.4, 0.5) is 0 Å². The van der Waals surface area contributed by atoms with Gasteiger partial charge in [0.2, 0.25) is 0 Å². The molecule has 0 saturated carbocycles. The molecular formula is C56H65N5O11. The van der Waals surface area contributed by atoms with Crippen molar-refractivity contribution in [2.24, 2.45) is 16.2 Å². The summed E-state index contributed by atoms with van der Waals surface area (Å²) in [7, 11) is 1.27. The normalized spacial score (nSPS) is 18.3. The highest BCUT2D eigenvalue weighted by Gasteiger charge is 2.48. The fraction of sp³-hybridized carbons (Fsp3) is 0.429. The third-order valence-corrected chi connectivity index (χ3v) is 14.4. The van der Waals surface area contributed by atoms with Gasteiger partial charge >= 0.3 is 17.9 Å². The summed E-state index contributed by atoms with van der Waals surface area (Å²) in [5, 5.41) is 25.3. The number of aromatic nitrogens is 3. The van der Waals surface area contributed by atoms with E-state index < -0.39 is 46.6 Å². The first-order valence-electron chi connectivity index (χ1n) is 23.9. The second-order valence-electron chi connectivity index (χ2n) is 23.4. The topological polar surface area (TPSA) is 258 Å². The van der Waals surface area contributed by atoms with Crippen molar-refractivity contribution < 1.29 is 53.3 Å². The number of benzene rings is 3. The van der Waals surface area contributed by atoms with Crippen molar-refractivity contribution in [1.29, 1.82) is 0 Å². The lowest BCUT2D eigenvalue weighted by atomic mass is 9.63. The number of esters is 1. The minimum atomic E-state index is -1.09. The number of H-pyrrole nitrogens is 3. The maximum atomic E-state index is 12.9. The van der Waals surface area contributed by atoms with Crippen LogP contribution in [0, 0.1) is 16.2 Å². The van der Waals surface area contributed by atoms with Crippen molar-refractivity contribution in [1.82, 2.24) is 25.6 Å². The van der Waals surface area contributed by atoms with Gasteiger partial charge in [0.05, 0.1) is 29.8 Å². The number of rotatable bonds is 7. The number of fused-ring (bicyclic) bond motifs is 9. The number of aromatic carboxylic acids is 1. The van der Waals surface area contributed by atoms with Gasteiger partial charge in [0.1, 0.15) is 13.1 Å². The SMILES string of the molecule is CC1(C)CC(C)(C)c2c([nH]c3ccc(C(=O)NCC(=O)O)cc23)C1=O.CC1(C)CC(C)(C)c2c([nH]c3ccc(C(=O)O)cc23)C1=O.COC(=O)CNC(=O)c1ccc2[nH]c3c(c2c1)C(C)(C)CC(C)(C)C3=O. The van der Waals surface area contributed by atoms with Crippen LogP contribution >= 0.6 is 0 Å². The Bertz CT molecular complexity index is 3300. The lowest BCUT2D eigenvalue weighted by molar-refractivity contribution is -0.139. The van der Waals surface area contributed by atoms with E-state index in [1.165, 1.54) is 7.11 Å². The number of hydrogen-bond donors (Lipinski definition) is 7. The largest absolute Gasteiger partial charge is 0.480 e. The number of nitrogens with one attached hydrogen (secondary N) is 5. The number of carboxylic acid groups (broad SMARTS) is 2. The lowest BCUT2D eigenvalue weighted by Crippen LogP contribution is -2.39. The number of methoxy groups -OCH3 is 1. The second-order valence-corrected chi connectivity index (χ2v) is 23.4. The Labute approximate surface area is 417 Å². The molecule has 0 atom stereocenters. The molecule has 3 aromatic carbocycles. The van der Waals surface area contributed by atoms with Gasteiger partial charge in [-0.2, -0.15) is 0 Å². The van der Waals surface area contributed by atoms with E-state index in [2.05, 4.69) is 71.9 Å². The van der Waals surface area contributed by atoms with Crippen LogP contribution in [-0.2, 0) is 30.6 Å². The first kappa shape index (κ1) is 52.5. The van der Waals surface area contributed by atoms with E-state index in [-0.39, 0.29) is 51.6 Å². The standard InChI is InChI=1S/C20H24N2O4.C19H22N2O4.C17H19NO3/c1-19(2)10-20(3,4)17(24)16-15(19)12-8-11(6-7-13(12)22-16)18(25)21-9-14(23)26-5;1-18(2)9-19(3,4)16(24)15-14(18)11-7-10(5-6-12(11)21-15)17(25)20-8-13(22)23;1-16(2)8-17(3,4)14(19)13-12(16)10-7-9(15(20)21)5-6-11(10)18-13/h6-8,22H,9-10H2,1-5H3,(H,21,25);5-7,21H,8-9H2,1-4H3,(H,20,25)(H,22,23);5-7,18H,8H2,1-4H3,(H,20,21). The molecular weight excluding hydrogens is 919 g/mol. The minimum Gasteiger partial charge on any atom is -0.480 e. The summed E-state index contributed by atoms with van der Waals surface area (Å²) in [5.41, 5.74) is 6.35. The quantitative estimate of drug-likeness (QED) is 0.0741. The molecule has 0 fully saturated rings. The molecule has 0 aliphatic heterocycles. The molecule has 6 aromatic rings. The van der Waals surface area contributed by atoms with E-state index in [4.69, 9.17) is 5.11 Å². The summed E-state index contributed by atoms with van der Waals surface area (Å²) < 4.78 is 4.53. The van der Waals surface area contributed by atoms with E-state index in [1.54, 1.807) is 54.6 Å². The minimum absolute atomic E-state index is 0.0786. The van der Waals surface area contributed by atoms with Crippen LogP contribution in [0.15, 0.2) is 54.6 Å². The number of carbonyl (C=O) groups excluding carboxylic acids is 6. The maximum Gasteiger partial charge on any atom is 0.335 e. The van der Waals surface area contributed by atoms with E-state index in [0.29, 0.717) is 34.6 Å². The van der Waals surface area contributed by atoms with Crippen LogP contribution < -0.4 is 10.6 Å². The zero-order chi connectivity index (χ0) is 53.4. The van der Waals surface area contributed by atoms with Crippen molar-refractivity contribution >= 4 is 79.8 Å². The fourth-order valence-corrected chi connectivity index (χ4v) is 12.0. The highest BCUT2D eigenvalue weighted by Crippen LogP contribution is 2.51. The van der Waals surface area contributed by atoms with E-state index >= 15 is 0 Å². The molecule has 380 valence electrons. The van der Waals surface area contributed by atoms with Crippen LogP contribution in [0.3, 0.4) is 0 Å². The Balaban J connectivity index is 0.000000159. The van der Waals surface area contributed by atoms with Gasteiger partial charge in [-0.25, -0.2) is 4.79 Å². The van der Waals surface area contributed by atoms with Crippen LogP contribution in [0.25, 0.3) is 32.7 Å². The molecule has 3 aromatic heterocycles. The van der Waals surface area contributed by atoms with E-state index in [0.717, 1.165) is 62.2 Å². The summed E-state index contributed by atoms with van der Waals surface area (Å²) >= 11 is 0. The van der Waals surface area contributed by atoms with Crippen LogP contribution in [-0.4, -0.2) is 92.4 Å². The van der Waals surface area contributed by atoms with Crippen LogP contribution in [0.5, 0.6) is 0 Å². The molecule has 16 heteroatoms. The van der Waals surface area contributed by atoms with Gasteiger partial charge in [0, 0.05) is 60.1 Å². The van der Waals surface area contributed by atoms with Crippen molar-refractivity contribution in [2.75, 3.05) is 20.2 Å². The van der Waals surface area contributed by atoms with Gasteiger partial charge < -0.3 is 40.5 Å². The third kappa shape index (κ3) is 9.58. The first-order valence-corrected chi connectivity index (χ1v) is 23.9. The highest BCUT2D eigenvalue weighted by atomic mass is 16.5. The number of ketones is 3. The Hall–Kier alpha value is -7.36. The second kappa shape index (κ2) is 18.0. The van der Waals surface area contributed by atoms with Gasteiger partial charge in [-0.05, 0) is 107 Å². The zero-order valence-electron chi connectivity index (χ0n) is 43.3. The van der Waals surface area contributed by atoms with Crippen LogP contribution in [0.1, 0.15) is 182 Å². The number of Topliss-reactive ketones (excluding diaryl/α,β-unsaturated/α-hetero) is 3.